The Balaban J connectivity index is 1.97. The van der Waals surface area contributed by atoms with Crippen LogP contribution < -0.4 is 15.9 Å². The monoisotopic (exact) mass is 463 g/mol. The lowest BCUT2D eigenvalue weighted by Crippen LogP contribution is -2.34. The van der Waals surface area contributed by atoms with Gasteiger partial charge in [0.2, 0.25) is 0 Å². The van der Waals surface area contributed by atoms with Gasteiger partial charge in [0.15, 0.2) is 6.61 Å². The van der Waals surface area contributed by atoms with Gasteiger partial charge in [-0.05, 0) is 57.2 Å². The van der Waals surface area contributed by atoms with Crippen molar-refractivity contribution >= 4 is 35.1 Å². The molecule has 0 N–H and O–H groups in total. The van der Waals surface area contributed by atoms with E-state index in [-0.39, 0.29) is 13.2 Å². The third kappa shape index (κ3) is 6.30. The molecule has 5 heteroatoms. The fourth-order valence-corrected chi connectivity index (χ4v) is 8.17. The average Bonchev–Trinajstić information content (AvgIpc) is 2.80. The zero-order valence-electron chi connectivity index (χ0n) is 19.8. The molecule has 0 aromatic heterocycles. The molecular formula is C28H32O4P+. The Bertz CT molecular complexity index is 959. The quantitative estimate of drug-likeness (QED) is 0.268. The van der Waals surface area contributed by atoms with Crippen LogP contribution in [-0.4, -0.2) is 31.3 Å². The van der Waals surface area contributed by atoms with Crippen molar-refractivity contribution in [3.8, 4) is 0 Å². The number of benzene rings is 3. The van der Waals surface area contributed by atoms with Gasteiger partial charge in [0.05, 0.1) is 12.8 Å². The number of esters is 2. The number of aryl methyl sites for hydroxylation is 3. The van der Waals surface area contributed by atoms with E-state index in [9.17, 15) is 9.59 Å². The van der Waals surface area contributed by atoms with Crippen molar-refractivity contribution in [2.45, 2.75) is 34.1 Å². The van der Waals surface area contributed by atoms with Crippen molar-refractivity contribution in [1.82, 2.24) is 0 Å². The number of hydrogen-bond donors (Lipinski definition) is 0. The maximum atomic E-state index is 11.9. The second-order valence-electron chi connectivity index (χ2n) is 8.39. The molecular weight excluding hydrogens is 431 g/mol. The second-order valence-corrected chi connectivity index (χ2v) is 12.0. The van der Waals surface area contributed by atoms with Crippen LogP contribution in [0.5, 0.6) is 0 Å². The van der Waals surface area contributed by atoms with Crippen molar-refractivity contribution in [1.29, 1.82) is 0 Å². The molecule has 0 saturated carbocycles. The summed E-state index contributed by atoms with van der Waals surface area (Å²) in [5.41, 5.74) is 3.68. The van der Waals surface area contributed by atoms with Gasteiger partial charge >= 0.3 is 11.9 Å². The minimum absolute atomic E-state index is 0.283. The smallest absolute Gasteiger partial charge is 0.344 e. The number of carbonyl (C=O) groups is 2. The summed E-state index contributed by atoms with van der Waals surface area (Å²) in [5, 5.41) is 3.94. The molecule has 3 aromatic rings. The van der Waals surface area contributed by atoms with Crippen LogP contribution in [0.3, 0.4) is 0 Å². The summed E-state index contributed by atoms with van der Waals surface area (Å²) in [6.45, 7) is 7.52. The highest BCUT2D eigenvalue weighted by atomic mass is 31.2. The summed E-state index contributed by atoms with van der Waals surface area (Å²) in [6, 6.07) is 26.5. The van der Waals surface area contributed by atoms with Crippen molar-refractivity contribution < 1.29 is 19.1 Å². The van der Waals surface area contributed by atoms with Gasteiger partial charge in [-0.2, -0.15) is 0 Å². The molecule has 0 unspecified atom stereocenters. The molecule has 0 aliphatic rings. The summed E-state index contributed by atoms with van der Waals surface area (Å²) in [5.74, 6) is -1.01. The van der Waals surface area contributed by atoms with Gasteiger partial charge < -0.3 is 9.47 Å². The van der Waals surface area contributed by atoms with E-state index in [0.29, 0.717) is 6.42 Å². The summed E-state index contributed by atoms with van der Waals surface area (Å²) < 4.78 is 10.1. The Hall–Kier alpha value is -2.97. The Labute approximate surface area is 197 Å². The first-order chi connectivity index (χ1) is 15.8. The first-order valence-electron chi connectivity index (χ1n) is 11.2. The van der Waals surface area contributed by atoms with Crippen molar-refractivity contribution in [2.75, 3.05) is 19.4 Å². The lowest BCUT2D eigenvalue weighted by Gasteiger charge is -2.28. The van der Waals surface area contributed by atoms with Crippen LogP contribution in [0.4, 0.5) is 0 Å². The van der Waals surface area contributed by atoms with E-state index < -0.39 is 19.2 Å². The molecule has 0 saturated heterocycles. The Kier molecular flexibility index (Phi) is 8.41. The van der Waals surface area contributed by atoms with E-state index in [2.05, 4.69) is 93.6 Å². The summed E-state index contributed by atoms with van der Waals surface area (Å²) in [4.78, 5) is 22.8. The largest absolute Gasteiger partial charge is 0.463 e. The lowest BCUT2D eigenvalue weighted by atomic mass is 10.2. The van der Waals surface area contributed by atoms with Crippen LogP contribution in [0.25, 0.3) is 0 Å². The highest BCUT2D eigenvalue weighted by Crippen LogP contribution is 2.55. The van der Waals surface area contributed by atoms with Gasteiger partial charge in [-0.15, -0.1) is 0 Å². The zero-order chi connectivity index (χ0) is 23.8. The second kappa shape index (κ2) is 11.2. The van der Waals surface area contributed by atoms with Crippen LogP contribution >= 0.6 is 7.26 Å². The van der Waals surface area contributed by atoms with Crippen LogP contribution in [0, 0.1) is 20.8 Å². The summed E-state index contributed by atoms with van der Waals surface area (Å²) >= 11 is 0. The Morgan fingerprint density at radius 1 is 0.667 bits per heavy atom. The number of rotatable bonds is 9. The molecule has 3 rings (SSSR count). The van der Waals surface area contributed by atoms with E-state index in [1.54, 1.807) is 0 Å². The van der Waals surface area contributed by atoms with Gasteiger partial charge in [0.1, 0.15) is 23.2 Å². The van der Waals surface area contributed by atoms with Crippen LogP contribution in [0.2, 0.25) is 0 Å². The van der Waals surface area contributed by atoms with Gasteiger partial charge in [0, 0.05) is 13.3 Å². The van der Waals surface area contributed by atoms with E-state index in [1.807, 2.05) is 0 Å². The highest BCUT2D eigenvalue weighted by molar-refractivity contribution is 7.95. The molecule has 33 heavy (non-hydrogen) atoms. The maximum Gasteiger partial charge on any atom is 0.344 e. The maximum absolute atomic E-state index is 11.9. The minimum Gasteiger partial charge on any atom is -0.463 e. The van der Waals surface area contributed by atoms with Gasteiger partial charge in [-0.25, -0.2) is 4.79 Å². The molecule has 0 heterocycles. The average molecular weight is 464 g/mol. The molecule has 0 atom stereocenters. The Morgan fingerprint density at radius 2 is 1.06 bits per heavy atom. The molecule has 0 bridgehead atoms. The fraction of sp³-hybridized carbons (Fsp3) is 0.286. The topological polar surface area (TPSA) is 52.6 Å². The molecule has 0 fully saturated rings. The van der Waals surface area contributed by atoms with Crippen molar-refractivity contribution in [3.05, 3.63) is 89.5 Å². The van der Waals surface area contributed by atoms with E-state index in [4.69, 9.17) is 9.47 Å². The molecule has 3 aromatic carbocycles. The molecule has 4 nitrogen and oxygen atoms in total. The predicted molar refractivity (Wildman–Crippen MR) is 136 cm³/mol. The van der Waals surface area contributed by atoms with E-state index >= 15 is 0 Å². The number of ether oxygens (including phenoxy) is 2. The molecule has 0 spiro atoms. The van der Waals surface area contributed by atoms with Gasteiger partial charge in [0.25, 0.3) is 0 Å². The highest BCUT2D eigenvalue weighted by Gasteiger charge is 2.44. The third-order valence-corrected chi connectivity index (χ3v) is 10.2. The number of hydrogen-bond acceptors (Lipinski definition) is 4. The van der Waals surface area contributed by atoms with Gasteiger partial charge in [-0.3, -0.25) is 4.79 Å². The van der Waals surface area contributed by atoms with Crippen molar-refractivity contribution in [2.24, 2.45) is 0 Å². The van der Waals surface area contributed by atoms with E-state index in [0.717, 1.165) is 6.16 Å². The lowest BCUT2D eigenvalue weighted by molar-refractivity contribution is -0.157. The van der Waals surface area contributed by atoms with Crippen molar-refractivity contribution in [3.63, 3.8) is 0 Å². The minimum atomic E-state index is -1.98. The standard InChI is InChI=1S/C28H32O4P/c1-21-6-12-25(13-7-21)33(26-14-8-22(2)9-15-26,27-16-10-23(3)11-17-27)19-5-18-31-28(30)20-32-24(4)29/h6-17H,5,18-20H2,1-4H3/q+1. The molecule has 0 aliphatic carbocycles. The molecule has 0 aliphatic heterocycles. The first-order valence-corrected chi connectivity index (χ1v) is 13.2. The summed E-state index contributed by atoms with van der Waals surface area (Å²) in [6.07, 6.45) is 1.57. The van der Waals surface area contributed by atoms with Gasteiger partial charge in [-0.1, -0.05) is 53.1 Å². The zero-order valence-corrected chi connectivity index (χ0v) is 20.7. The third-order valence-electron chi connectivity index (χ3n) is 5.72. The molecule has 0 amide bonds. The predicted octanol–water partition coefficient (Wildman–Crippen LogP) is 4.40. The fourth-order valence-electron chi connectivity index (χ4n) is 3.92. The van der Waals surface area contributed by atoms with E-state index in [1.165, 1.54) is 39.5 Å². The molecule has 0 radical (unpaired) electrons. The van der Waals surface area contributed by atoms with Crippen LogP contribution in [-0.2, 0) is 19.1 Å². The molecule has 172 valence electrons. The number of carbonyl (C=O) groups excluding carboxylic acids is 2. The van der Waals surface area contributed by atoms with Crippen LogP contribution in [0.15, 0.2) is 72.8 Å². The Morgan fingerprint density at radius 3 is 1.42 bits per heavy atom. The van der Waals surface area contributed by atoms with Crippen LogP contribution in [0.1, 0.15) is 30.0 Å². The normalized spacial score (nSPS) is 11.2. The SMILES string of the molecule is CC(=O)OCC(=O)OCCC[P+](c1ccc(C)cc1)(c1ccc(C)cc1)c1ccc(C)cc1. The summed E-state index contributed by atoms with van der Waals surface area (Å²) in [7, 11) is -1.98. The first kappa shape index (κ1) is 24.7.